The standard InChI is InChI=1S/C28H20N2O4S3/c1-4-8-18(5-2)33-26-22(20-9-6-15-35-20)24-25(30-37-29-24)23(21-10-7-16-36-21)27(26)34-19-13-11-17(12-14-19)28(31)32-3/h4-16H,1-2H2,3H3/b18-8+. The lowest BCUT2D eigenvalue weighted by Gasteiger charge is -2.20. The lowest BCUT2D eigenvalue weighted by molar-refractivity contribution is 0.0600. The Bertz CT molecular complexity index is 1600. The Balaban J connectivity index is 1.80. The van der Waals surface area contributed by atoms with E-state index in [4.69, 9.17) is 14.2 Å². The van der Waals surface area contributed by atoms with Gasteiger partial charge >= 0.3 is 5.97 Å². The van der Waals surface area contributed by atoms with Gasteiger partial charge in [0.2, 0.25) is 0 Å². The van der Waals surface area contributed by atoms with Crippen LogP contribution in [0.25, 0.3) is 31.9 Å². The number of nitrogens with zero attached hydrogens (tertiary/aromatic N) is 2. The maximum atomic E-state index is 11.9. The number of hydrogen-bond donors (Lipinski definition) is 0. The number of rotatable bonds is 9. The van der Waals surface area contributed by atoms with Crippen molar-refractivity contribution < 1.29 is 19.0 Å². The van der Waals surface area contributed by atoms with Crippen LogP contribution in [0.1, 0.15) is 10.4 Å². The predicted molar refractivity (Wildman–Crippen MR) is 151 cm³/mol. The molecule has 0 saturated heterocycles. The van der Waals surface area contributed by atoms with E-state index in [2.05, 4.69) is 21.9 Å². The normalized spacial score (nSPS) is 11.3. The fourth-order valence-corrected chi connectivity index (χ4v) is 5.82. The van der Waals surface area contributed by atoms with Gasteiger partial charge in [-0.05, 0) is 59.3 Å². The molecule has 0 atom stereocenters. The lowest BCUT2D eigenvalue weighted by Crippen LogP contribution is -2.02. The highest BCUT2D eigenvalue weighted by atomic mass is 32.1. The summed E-state index contributed by atoms with van der Waals surface area (Å²) in [6, 6.07) is 14.7. The number of hydrogen-bond acceptors (Lipinski definition) is 9. The number of allylic oxidation sites excluding steroid dienone is 3. The fraction of sp³-hybridized carbons (Fsp3) is 0.0357. The monoisotopic (exact) mass is 544 g/mol. The van der Waals surface area contributed by atoms with Gasteiger partial charge in [-0.2, -0.15) is 8.75 Å². The summed E-state index contributed by atoms with van der Waals surface area (Å²) >= 11 is 4.27. The van der Waals surface area contributed by atoms with Gasteiger partial charge in [0.25, 0.3) is 0 Å². The van der Waals surface area contributed by atoms with Crippen molar-refractivity contribution in [2.45, 2.75) is 0 Å². The third kappa shape index (κ3) is 4.84. The van der Waals surface area contributed by atoms with Crippen molar-refractivity contribution in [3.63, 3.8) is 0 Å². The van der Waals surface area contributed by atoms with Crippen LogP contribution in [0.5, 0.6) is 17.2 Å². The van der Waals surface area contributed by atoms with Gasteiger partial charge in [-0.1, -0.05) is 31.4 Å². The zero-order valence-electron chi connectivity index (χ0n) is 19.7. The first-order chi connectivity index (χ1) is 18.1. The molecule has 0 spiro atoms. The average molecular weight is 545 g/mol. The number of fused-ring (bicyclic) bond motifs is 1. The molecular formula is C28H20N2O4S3. The number of methoxy groups -OCH3 is 1. The number of esters is 1. The summed E-state index contributed by atoms with van der Waals surface area (Å²) in [6.07, 6.45) is 4.98. The first kappa shape index (κ1) is 24.6. The van der Waals surface area contributed by atoms with E-state index in [1.54, 1.807) is 65.2 Å². The maximum Gasteiger partial charge on any atom is 0.337 e. The highest BCUT2D eigenvalue weighted by Gasteiger charge is 2.29. The number of ether oxygens (including phenoxy) is 3. The Morgan fingerprint density at radius 2 is 1.51 bits per heavy atom. The van der Waals surface area contributed by atoms with E-state index in [9.17, 15) is 4.79 Å². The van der Waals surface area contributed by atoms with Gasteiger partial charge in [-0.15, -0.1) is 22.7 Å². The van der Waals surface area contributed by atoms with Crippen LogP contribution in [0.4, 0.5) is 0 Å². The van der Waals surface area contributed by atoms with E-state index >= 15 is 0 Å². The molecule has 0 bridgehead atoms. The second-order valence-electron chi connectivity index (χ2n) is 7.55. The van der Waals surface area contributed by atoms with Gasteiger partial charge in [0, 0.05) is 9.75 Å². The van der Waals surface area contributed by atoms with Crippen molar-refractivity contribution in [2.24, 2.45) is 0 Å². The van der Waals surface area contributed by atoms with Gasteiger partial charge < -0.3 is 14.2 Å². The van der Waals surface area contributed by atoms with E-state index in [-0.39, 0.29) is 0 Å². The van der Waals surface area contributed by atoms with E-state index < -0.39 is 5.97 Å². The average Bonchev–Trinajstić information content (AvgIpc) is 3.72. The van der Waals surface area contributed by atoms with E-state index in [0.717, 1.165) is 43.6 Å². The summed E-state index contributed by atoms with van der Waals surface area (Å²) < 4.78 is 27.2. The number of benzene rings is 2. The maximum absolute atomic E-state index is 11.9. The molecule has 0 saturated carbocycles. The van der Waals surface area contributed by atoms with Crippen LogP contribution in [0.15, 0.2) is 96.4 Å². The van der Waals surface area contributed by atoms with Gasteiger partial charge in [0.05, 0.1) is 35.5 Å². The first-order valence-electron chi connectivity index (χ1n) is 11.0. The van der Waals surface area contributed by atoms with Gasteiger partial charge in [0.1, 0.15) is 22.5 Å². The smallest absolute Gasteiger partial charge is 0.337 e. The quantitative estimate of drug-likeness (QED) is 0.105. The molecule has 0 aliphatic rings. The molecule has 6 nitrogen and oxygen atoms in total. The van der Waals surface area contributed by atoms with Gasteiger partial charge in [-0.3, -0.25) is 0 Å². The van der Waals surface area contributed by atoms with E-state index in [1.807, 2.05) is 35.0 Å². The molecule has 5 aromatic rings. The molecule has 9 heteroatoms. The van der Waals surface area contributed by atoms with Crippen molar-refractivity contribution in [3.05, 3.63) is 102 Å². The zero-order valence-corrected chi connectivity index (χ0v) is 22.1. The topological polar surface area (TPSA) is 70.5 Å². The molecule has 0 fully saturated rings. The molecule has 184 valence electrons. The largest absolute Gasteiger partial charge is 0.465 e. The Morgan fingerprint density at radius 3 is 2.03 bits per heavy atom. The molecule has 3 aromatic heterocycles. The first-order valence-corrected chi connectivity index (χ1v) is 13.5. The van der Waals surface area contributed by atoms with Crippen molar-refractivity contribution in [2.75, 3.05) is 7.11 Å². The molecular weight excluding hydrogens is 525 g/mol. The second kappa shape index (κ2) is 10.9. The molecule has 5 rings (SSSR count). The summed E-state index contributed by atoms with van der Waals surface area (Å²) in [6.45, 7) is 7.69. The number of carbonyl (C=O) groups excluding carboxylic acids is 1. The minimum absolute atomic E-state index is 0.421. The molecule has 0 unspecified atom stereocenters. The molecule has 0 amide bonds. The Labute approximate surface area is 225 Å². The van der Waals surface area contributed by atoms with Crippen molar-refractivity contribution >= 4 is 51.4 Å². The van der Waals surface area contributed by atoms with Gasteiger partial charge in [0.15, 0.2) is 11.5 Å². The summed E-state index contributed by atoms with van der Waals surface area (Å²) in [4.78, 5) is 13.8. The summed E-state index contributed by atoms with van der Waals surface area (Å²) in [7, 11) is 1.35. The number of aromatic nitrogens is 2. The van der Waals surface area contributed by atoms with Crippen LogP contribution >= 0.6 is 34.4 Å². The molecule has 0 radical (unpaired) electrons. The number of carbonyl (C=O) groups is 1. The molecule has 0 N–H and O–H groups in total. The van der Waals surface area contributed by atoms with Crippen LogP contribution < -0.4 is 9.47 Å². The third-order valence-corrected chi connectivity index (χ3v) is 7.66. The molecule has 2 aromatic carbocycles. The Hall–Kier alpha value is -4.05. The van der Waals surface area contributed by atoms with Crippen LogP contribution in [-0.2, 0) is 4.74 Å². The Kier molecular flexibility index (Phi) is 7.27. The fourth-order valence-electron chi connectivity index (χ4n) is 3.72. The predicted octanol–water partition coefficient (Wildman–Crippen LogP) is 8.36. The van der Waals surface area contributed by atoms with E-state index in [1.165, 1.54) is 7.11 Å². The van der Waals surface area contributed by atoms with Crippen LogP contribution in [0.2, 0.25) is 0 Å². The lowest BCUT2D eigenvalue weighted by atomic mass is 10.0. The zero-order chi connectivity index (χ0) is 25.8. The molecule has 0 aliphatic heterocycles. The van der Waals surface area contributed by atoms with Crippen molar-refractivity contribution in [1.82, 2.24) is 8.75 Å². The van der Waals surface area contributed by atoms with E-state index in [0.29, 0.717) is 28.6 Å². The summed E-state index contributed by atoms with van der Waals surface area (Å²) in [5, 5.41) is 3.99. The van der Waals surface area contributed by atoms with Crippen LogP contribution in [-0.4, -0.2) is 21.8 Å². The van der Waals surface area contributed by atoms with Crippen molar-refractivity contribution in [3.8, 4) is 38.1 Å². The van der Waals surface area contributed by atoms with Gasteiger partial charge in [-0.25, -0.2) is 4.79 Å². The minimum atomic E-state index is -0.421. The molecule has 3 heterocycles. The van der Waals surface area contributed by atoms with Crippen LogP contribution in [0.3, 0.4) is 0 Å². The SMILES string of the molecule is C=C/C=C(\C=C)Oc1c(Oc2ccc(C(=O)OC)cc2)c(-c2cccs2)c2nsnc2c1-c1cccs1. The Morgan fingerprint density at radius 1 is 0.892 bits per heavy atom. The molecule has 37 heavy (non-hydrogen) atoms. The molecule has 0 aliphatic carbocycles. The second-order valence-corrected chi connectivity index (χ2v) is 9.98. The van der Waals surface area contributed by atoms with Crippen LogP contribution in [0, 0.1) is 0 Å². The highest BCUT2D eigenvalue weighted by molar-refractivity contribution is 7.14. The highest BCUT2D eigenvalue weighted by Crippen LogP contribution is 2.53. The minimum Gasteiger partial charge on any atom is -0.465 e. The van der Waals surface area contributed by atoms with Crippen molar-refractivity contribution in [1.29, 1.82) is 0 Å². The summed E-state index contributed by atoms with van der Waals surface area (Å²) in [5.41, 5.74) is 3.41. The number of thiophene rings is 2. The summed E-state index contributed by atoms with van der Waals surface area (Å²) in [5.74, 6) is 1.56. The third-order valence-electron chi connectivity index (χ3n) is 5.36.